The highest BCUT2D eigenvalue weighted by atomic mass is 79.9. The molecular formula is C20H17BrN2O2. The predicted octanol–water partition coefficient (Wildman–Crippen LogP) is 4.37. The van der Waals surface area contributed by atoms with Crippen molar-refractivity contribution in [3.63, 3.8) is 0 Å². The molecule has 0 saturated heterocycles. The second-order valence-corrected chi connectivity index (χ2v) is 6.40. The van der Waals surface area contributed by atoms with E-state index in [0.29, 0.717) is 5.56 Å². The van der Waals surface area contributed by atoms with Crippen LogP contribution in [0.4, 0.5) is 0 Å². The maximum Gasteiger partial charge on any atom is 0.253 e. The average molecular weight is 397 g/mol. The molecule has 0 aliphatic heterocycles. The van der Waals surface area contributed by atoms with Gasteiger partial charge in [0.25, 0.3) is 5.91 Å². The molecule has 1 amide bonds. The lowest BCUT2D eigenvalue weighted by Crippen LogP contribution is -2.29. The monoisotopic (exact) mass is 396 g/mol. The Labute approximate surface area is 155 Å². The molecule has 0 radical (unpaired) electrons. The molecule has 0 bridgehead atoms. The average Bonchev–Trinajstić information content (AvgIpc) is 2.67. The minimum absolute atomic E-state index is 0.182. The smallest absolute Gasteiger partial charge is 0.253 e. The van der Waals surface area contributed by atoms with Crippen LogP contribution in [0.25, 0.3) is 0 Å². The topological polar surface area (TPSA) is 51.2 Å². The zero-order valence-corrected chi connectivity index (χ0v) is 15.2. The van der Waals surface area contributed by atoms with Crippen LogP contribution < -0.4 is 10.1 Å². The van der Waals surface area contributed by atoms with E-state index in [0.717, 1.165) is 21.3 Å². The number of nitrogens with zero attached hydrogens (tertiary/aromatic N) is 1. The van der Waals surface area contributed by atoms with Gasteiger partial charge in [0.1, 0.15) is 5.75 Å². The van der Waals surface area contributed by atoms with Crippen LogP contribution in [0, 0.1) is 0 Å². The Kier molecular flexibility index (Phi) is 5.46. The number of amides is 1. The lowest BCUT2D eigenvalue weighted by molar-refractivity contribution is 0.0942. The van der Waals surface area contributed by atoms with Gasteiger partial charge in [-0.2, -0.15) is 0 Å². The van der Waals surface area contributed by atoms with Crippen molar-refractivity contribution in [2.75, 3.05) is 7.11 Å². The first-order valence-electron chi connectivity index (χ1n) is 7.77. The normalized spacial score (nSPS) is 11.6. The molecule has 126 valence electrons. The number of methoxy groups -OCH3 is 1. The number of rotatable bonds is 5. The van der Waals surface area contributed by atoms with Crippen LogP contribution in [0.5, 0.6) is 5.75 Å². The molecule has 3 aromatic rings. The second kappa shape index (κ2) is 7.94. The van der Waals surface area contributed by atoms with Gasteiger partial charge in [0.15, 0.2) is 0 Å². The minimum atomic E-state index is -0.265. The van der Waals surface area contributed by atoms with Crippen molar-refractivity contribution in [3.8, 4) is 5.75 Å². The summed E-state index contributed by atoms with van der Waals surface area (Å²) in [5.41, 5.74) is 2.48. The van der Waals surface area contributed by atoms with E-state index in [1.165, 1.54) is 0 Å². The van der Waals surface area contributed by atoms with E-state index in [9.17, 15) is 4.79 Å². The number of aromatic nitrogens is 1. The lowest BCUT2D eigenvalue weighted by Gasteiger charge is -2.20. The molecule has 0 unspecified atom stereocenters. The zero-order valence-electron chi connectivity index (χ0n) is 13.6. The summed E-state index contributed by atoms with van der Waals surface area (Å²) in [7, 11) is 1.63. The number of pyridine rings is 1. The van der Waals surface area contributed by atoms with Crippen LogP contribution in [0.1, 0.15) is 27.5 Å². The summed E-state index contributed by atoms with van der Waals surface area (Å²) in [6.07, 6.45) is 3.20. The Morgan fingerprint density at radius 1 is 1.04 bits per heavy atom. The molecule has 0 aliphatic carbocycles. The summed E-state index contributed by atoms with van der Waals surface area (Å²) in [5, 5.41) is 3.09. The van der Waals surface area contributed by atoms with Gasteiger partial charge in [-0.05, 0) is 45.3 Å². The molecule has 1 heterocycles. The number of hydrogen-bond donors (Lipinski definition) is 1. The minimum Gasteiger partial charge on any atom is -0.497 e. The summed E-state index contributed by atoms with van der Waals surface area (Å²) >= 11 is 3.35. The quantitative estimate of drug-likeness (QED) is 0.696. The maximum atomic E-state index is 12.7. The van der Waals surface area contributed by atoms with Gasteiger partial charge < -0.3 is 10.1 Å². The number of ether oxygens (including phenoxy) is 1. The van der Waals surface area contributed by atoms with Crippen LogP contribution in [0.15, 0.2) is 77.5 Å². The van der Waals surface area contributed by atoms with Gasteiger partial charge in [-0.15, -0.1) is 0 Å². The van der Waals surface area contributed by atoms with Crippen molar-refractivity contribution in [3.05, 3.63) is 94.2 Å². The molecule has 0 aliphatic rings. The molecule has 4 nitrogen and oxygen atoms in total. The standard InChI is InChI=1S/C20H17BrN2O2/c1-25-18-9-7-15(8-10-18)19(14-5-3-2-4-6-14)23-20(24)16-11-17(21)13-22-12-16/h2-13,19H,1H3,(H,23,24)/t19-/m1/s1. The van der Waals surface area contributed by atoms with Crippen LogP contribution in [-0.2, 0) is 0 Å². The van der Waals surface area contributed by atoms with Gasteiger partial charge in [-0.1, -0.05) is 42.5 Å². The molecular weight excluding hydrogens is 380 g/mol. The van der Waals surface area contributed by atoms with Crippen LogP contribution >= 0.6 is 15.9 Å². The van der Waals surface area contributed by atoms with Gasteiger partial charge in [0.05, 0.1) is 18.7 Å². The number of hydrogen-bond acceptors (Lipinski definition) is 3. The summed E-state index contributed by atoms with van der Waals surface area (Å²) in [5.74, 6) is 0.594. The summed E-state index contributed by atoms with van der Waals surface area (Å²) < 4.78 is 5.98. The van der Waals surface area contributed by atoms with Crippen molar-refractivity contribution < 1.29 is 9.53 Å². The van der Waals surface area contributed by atoms with E-state index in [4.69, 9.17) is 4.74 Å². The largest absolute Gasteiger partial charge is 0.497 e. The molecule has 1 aromatic heterocycles. The van der Waals surface area contributed by atoms with Gasteiger partial charge in [0.2, 0.25) is 0 Å². The first-order valence-corrected chi connectivity index (χ1v) is 8.57. The molecule has 5 heteroatoms. The van der Waals surface area contributed by atoms with E-state index >= 15 is 0 Å². The number of benzene rings is 2. The third-order valence-electron chi connectivity index (χ3n) is 3.82. The SMILES string of the molecule is COc1ccc([C@H](NC(=O)c2cncc(Br)c2)c2ccccc2)cc1. The molecule has 2 aromatic carbocycles. The highest BCUT2D eigenvalue weighted by Gasteiger charge is 2.18. The maximum absolute atomic E-state index is 12.7. The molecule has 1 N–H and O–H groups in total. The highest BCUT2D eigenvalue weighted by molar-refractivity contribution is 9.10. The van der Waals surface area contributed by atoms with E-state index in [1.807, 2.05) is 54.6 Å². The Bertz CT molecular complexity index is 851. The summed E-state index contributed by atoms with van der Waals surface area (Å²) in [6.45, 7) is 0. The first-order chi connectivity index (χ1) is 12.2. The summed E-state index contributed by atoms with van der Waals surface area (Å²) in [4.78, 5) is 16.7. The third-order valence-corrected chi connectivity index (χ3v) is 4.26. The Morgan fingerprint density at radius 2 is 1.72 bits per heavy atom. The van der Waals surface area contributed by atoms with E-state index in [-0.39, 0.29) is 11.9 Å². The fraction of sp³-hybridized carbons (Fsp3) is 0.100. The molecule has 1 atom stereocenters. The zero-order chi connectivity index (χ0) is 17.6. The number of carbonyl (C=O) groups excluding carboxylic acids is 1. The van der Waals surface area contributed by atoms with Gasteiger partial charge in [0, 0.05) is 16.9 Å². The molecule has 0 spiro atoms. The fourth-order valence-corrected chi connectivity index (χ4v) is 2.92. The van der Waals surface area contributed by atoms with Crippen LogP contribution in [0.2, 0.25) is 0 Å². The van der Waals surface area contributed by atoms with Crippen molar-refractivity contribution in [2.45, 2.75) is 6.04 Å². The van der Waals surface area contributed by atoms with Gasteiger partial charge in [-0.25, -0.2) is 0 Å². The molecule has 0 fully saturated rings. The lowest BCUT2D eigenvalue weighted by atomic mass is 9.98. The summed E-state index contributed by atoms with van der Waals surface area (Å²) in [6, 6.07) is 19.0. The first kappa shape index (κ1) is 17.2. The Hall–Kier alpha value is -2.66. The van der Waals surface area contributed by atoms with Crippen molar-refractivity contribution in [2.24, 2.45) is 0 Å². The number of halogens is 1. The van der Waals surface area contributed by atoms with Crippen LogP contribution in [0.3, 0.4) is 0 Å². The second-order valence-electron chi connectivity index (χ2n) is 5.48. The molecule has 0 saturated carbocycles. The van der Waals surface area contributed by atoms with E-state index < -0.39 is 0 Å². The van der Waals surface area contributed by atoms with Crippen molar-refractivity contribution >= 4 is 21.8 Å². The van der Waals surface area contributed by atoms with Gasteiger partial charge >= 0.3 is 0 Å². The van der Waals surface area contributed by atoms with Crippen molar-refractivity contribution in [1.29, 1.82) is 0 Å². The van der Waals surface area contributed by atoms with E-state index in [1.54, 1.807) is 25.6 Å². The predicted molar refractivity (Wildman–Crippen MR) is 101 cm³/mol. The fourth-order valence-electron chi connectivity index (χ4n) is 2.55. The van der Waals surface area contributed by atoms with E-state index in [2.05, 4.69) is 26.2 Å². The number of nitrogens with one attached hydrogen (secondary N) is 1. The molecule has 3 rings (SSSR count). The molecule has 25 heavy (non-hydrogen) atoms. The highest BCUT2D eigenvalue weighted by Crippen LogP contribution is 2.24. The van der Waals surface area contributed by atoms with Crippen molar-refractivity contribution in [1.82, 2.24) is 10.3 Å². The number of carbonyl (C=O) groups is 1. The third kappa shape index (κ3) is 4.25. The Balaban J connectivity index is 1.92. The van der Waals surface area contributed by atoms with Crippen LogP contribution in [-0.4, -0.2) is 18.0 Å². The van der Waals surface area contributed by atoms with Gasteiger partial charge in [-0.3, -0.25) is 9.78 Å². The Morgan fingerprint density at radius 3 is 2.36 bits per heavy atom.